The van der Waals surface area contributed by atoms with Gasteiger partial charge in [-0.1, -0.05) is 34.8 Å². The van der Waals surface area contributed by atoms with Gasteiger partial charge in [-0.2, -0.15) is 0 Å². The molecule has 0 atom stereocenters. The lowest BCUT2D eigenvalue weighted by Crippen LogP contribution is -2.06. The van der Waals surface area contributed by atoms with Crippen molar-refractivity contribution in [2.24, 2.45) is 0 Å². The fourth-order valence-corrected chi connectivity index (χ4v) is 2.32. The van der Waals surface area contributed by atoms with Crippen molar-refractivity contribution in [3.05, 3.63) is 45.0 Å². The van der Waals surface area contributed by atoms with Crippen LogP contribution in [0.3, 0.4) is 0 Å². The molecule has 1 aromatic heterocycles. The van der Waals surface area contributed by atoms with Gasteiger partial charge in [-0.3, -0.25) is 0 Å². The van der Waals surface area contributed by atoms with Crippen LogP contribution in [-0.2, 0) is 4.74 Å². The third-order valence-corrected chi connectivity index (χ3v) is 3.59. The summed E-state index contributed by atoms with van der Waals surface area (Å²) in [4.78, 5) is 15.7. The Morgan fingerprint density at radius 2 is 1.95 bits per heavy atom. The maximum atomic E-state index is 11.5. The van der Waals surface area contributed by atoms with E-state index in [2.05, 4.69) is 9.72 Å². The zero-order chi connectivity index (χ0) is 14.9. The van der Waals surface area contributed by atoms with Crippen molar-refractivity contribution in [2.45, 2.75) is 0 Å². The van der Waals surface area contributed by atoms with E-state index in [4.69, 9.17) is 40.5 Å². The minimum absolute atomic E-state index is 0.115. The Kier molecular flexibility index (Phi) is 4.38. The fraction of sp³-hybridized carbons (Fsp3) is 0.0769. The first-order valence-corrected chi connectivity index (χ1v) is 6.57. The smallest absolute Gasteiger partial charge is 0.356 e. The van der Waals surface area contributed by atoms with Gasteiger partial charge in [0.05, 0.1) is 28.5 Å². The van der Waals surface area contributed by atoms with E-state index in [9.17, 15) is 4.79 Å². The number of ether oxygens (including phenoxy) is 1. The van der Waals surface area contributed by atoms with Crippen molar-refractivity contribution in [3.8, 4) is 11.3 Å². The highest BCUT2D eigenvalue weighted by molar-refractivity contribution is 6.45. The standard InChI is InChI=1S/C13H9Cl3N2O2/c1-20-13(19)10-3-2-9(17)12(18-10)7-4-6(14)5-8(15)11(7)16/h2-5H,17H2,1H3. The summed E-state index contributed by atoms with van der Waals surface area (Å²) in [5, 5.41) is 0.926. The number of halogens is 3. The zero-order valence-corrected chi connectivity index (χ0v) is 12.6. The Balaban J connectivity index is 2.66. The lowest BCUT2D eigenvalue weighted by molar-refractivity contribution is 0.0594. The largest absolute Gasteiger partial charge is 0.464 e. The number of nitrogen functional groups attached to an aromatic ring is 1. The molecule has 20 heavy (non-hydrogen) atoms. The summed E-state index contributed by atoms with van der Waals surface area (Å²) >= 11 is 18.1. The maximum absolute atomic E-state index is 11.5. The summed E-state index contributed by atoms with van der Waals surface area (Å²) in [6, 6.07) is 6.09. The van der Waals surface area contributed by atoms with Crippen molar-refractivity contribution in [2.75, 3.05) is 12.8 Å². The lowest BCUT2D eigenvalue weighted by atomic mass is 10.1. The molecule has 0 unspecified atom stereocenters. The second-order valence-electron chi connectivity index (χ2n) is 3.88. The van der Waals surface area contributed by atoms with Gasteiger partial charge in [-0.25, -0.2) is 9.78 Å². The third kappa shape index (κ3) is 2.82. The first-order valence-electron chi connectivity index (χ1n) is 5.43. The van der Waals surface area contributed by atoms with E-state index in [1.807, 2.05) is 0 Å². The van der Waals surface area contributed by atoms with Gasteiger partial charge in [-0.05, 0) is 24.3 Å². The van der Waals surface area contributed by atoms with Crippen LogP contribution < -0.4 is 5.73 Å². The van der Waals surface area contributed by atoms with Crippen LogP contribution in [0.2, 0.25) is 15.1 Å². The van der Waals surface area contributed by atoms with Gasteiger partial charge in [0.2, 0.25) is 0 Å². The van der Waals surface area contributed by atoms with Crippen LogP contribution >= 0.6 is 34.8 Å². The molecule has 0 spiro atoms. The van der Waals surface area contributed by atoms with Crippen molar-refractivity contribution in [3.63, 3.8) is 0 Å². The van der Waals surface area contributed by atoms with Crippen LogP contribution in [0.5, 0.6) is 0 Å². The maximum Gasteiger partial charge on any atom is 0.356 e. The number of aromatic nitrogens is 1. The van der Waals surface area contributed by atoms with Crippen LogP contribution in [0.1, 0.15) is 10.5 Å². The number of carbonyl (C=O) groups is 1. The van der Waals surface area contributed by atoms with Gasteiger partial charge in [-0.15, -0.1) is 0 Å². The molecule has 1 aromatic carbocycles. The molecular formula is C13H9Cl3N2O2. The average molecular weight is 332 g/mol. The molecule has 2 N–H and O–H groups in total. The van der Waals surface area contributed by atoms with Gasteiger partial charge in [0.25, 0.3) is 0 Å². The molecule has 1 heterocycles. The number of nitrogens with two attached hydrogens (primary N) is 1. The minimum atomic E-state index is -0.574. The zero-order valence-electron chi connectivity index (χ0n) is 10.3. The summed E-state index contributed by atoms with van der Waals surface area (Å²) in [6.45, 7) is 0. The van der Waals surface area contributed by atoms with Gasteiger partial charge in [0.15, 0.2) is 0 Å². The highest BCUT2D eigenvalue weighted by atomic mass is 35.5. The molecule has 0 amide bonds. The summed E-state index contributed by atoms with van der Waals surface area (Å²) < 4.78 is 4.62. The highest BCUT2D eigenvalue weighted by Crippen LogP contribution is 2.37. The molecular weight excluding hydrogens is 323 g/mol. The quantitative estimate of drug-likeness (QED) is 0.665. The summed E-state index contributed by atoms with van der Waals surface area (Å²) in [5.41, 5.74) is 7.11. The first kappa shape index (κ1) is 14.9. The number of rotatable bonds is 2. The number of hydrogen-bond acceptors (Lipinski definition) is 4. The van der Waals surface area contributed by atoms with Crippen LogP contribution in [0, 0.1) is 0 Å². The Morgan fingerprint density at radius 1 is 1.25 bits per heavy atom. The molecule has 0 radical (unpaired) electrons. The summed E-state index contributed by atoms with van der Waals surface area (Å²) in [7, 11) is 1.27. The molecule has 0 saturated heterocycles. The van der Waals surface area contributed by atoms with Gasteiger partial charge < -0.3 is 10.5 Å². The SMILES string of the molecule is COC(=O)c1ccc(N)c(-c2cc(Cl)cc(Cl)c2Cl)n1. The monoisotopic (exact) mass is 330 g/mol. The van der Waals surface area contributed by atoms with Crippen molar-refractivity contribution < 1.29 is 9.53 Å². The number of hydrogen-bond donors (Lipinski definition) is 1. The first-order chi connectivity index (χ1) is 9.43. The van der Waals surface area contributed by atoms with Gasteiger partial charge in [0, 0.05) is 10.6 Å². The molecule has 0 saturated carbocycles. The van der Waals surface area contributed by atoms with Gasteiger partial charge >= 0.3 is 5.97 Å². The lowest BCUT2D eigenvalue weighted by Gasteiger charge is -2.10. The van der Waals surface area contributed by atoms with Crippen molar-refractivity contribution in [1.82, 2.24) is 4.98 Å². The van der Waals surface area contributed by atoms with E-state index in [1.54, 1.807) is 12.1 Å². The topological polar surface area (TPSA) is 65.2 Å². The van der Waals surface area contributed by atoms with E-state index in [0.717, 1.165) is 0 Å². The molecule has 0 fully saturated rings. The second kappa shape index (κ2) is 5.87. The number of anilines is 1. The average Bonchev–Trinajstić information content (AvgIpc) is 2.42. The Bertz CT molecular complexity index is 690. The number of carbonyl (C=O) groups excluding carboxylic acids is 1. The number of nitrogens with zero attached hydrogens (tertiary/aromatic N) is 1. The van der Waals surface area contributed by atoms with Crippen LogP contribution in [0.25, 0.3) is 11.3 Å². The normalized spacial score (nSPS) is 10.4. The number of esters is 1. The molecule has 4 nitrogen and oxygen atoms in total. The molecule has 0 aliphatic heterocycles. The van der Waals surface area contributed by atoms with Crippen LogP contribution in [0.4, 0.5) is 5.69 Å². The molecule has 7 heteroatoms. The predicted molar refractivity (Wildman–Crippen MR) is 80.5 cm³/mol. The van der Waals surface area contributed by atoms with E-state index in [-0.39, 0.29) is 15.7 Å². The summed E-state index contributed by atoms with van der Waals surface area (Å²) in [5.74, 6) is -0.574. The molecule has 0 bridgehead atoms. The Hall–Kier alpha value is -1.49. The van der Waals surface area contributed by atoms with Gasteiger partial charge in [0.1, 0.15) is 5.69 Å². The molecule has 0 aliphatic carbocycles. The molecule has 2 aromatic rings. The second-order valence-corrected chi connectivity index (χ2v) is 5.10. The number of benzene rings is 1. The number of methoxy groups -OCH3 is 1. The molecule has 2 rings (SSSR count). The highest BCUT2D eigenvalue weighted by Gasteiger charge is 2.16. The molecule has 104 valence electrons. The van der Waals surface area contributed by atoms with Crippen molar-refractivity contribution >= 4 is 46.5 Å². The molecule has 0 aliphatic rings. The third-order valence-electron chi connectivity index (χ3n) is 2.57. The Morgan fingerprint density at radius 3 is 2.60 bits per heavy atom. The Labute approximate surface area is 130 Å². The van der Waals surface area contributed by atoms with E-state index < -0.39 is 5.97 Å². The van der Waals surface area contributed by atoms with E-state index in [0.29, 0.717) is 22.0 Å². The number of pyridine rings is 1. The van der Waals surface area contributed by atoms with Crippen molar-refractivity contribution in [1.29, 1.82) is 0 Å². The summed E-state index contributed by atoms with van der Waals surface area (Å²) in [6.07, 6.45) is 0. The minimum Gasteiger partial charge on any atom is -0.464 e. The predicted octanol–water partition coefficient (Wildman–Crippen LogP) is 4.08. The van der Waals surface area contributed by atoms with E-state index >= 15 is 0 Å². The fourth-order valence-electron chi connectivity index (χ4n) is 1.63. The van der Waals surface area contributed by atoms with E-state index in [1.165, 1.54) is 19.2 Å². The van der Waals surface area contributed by atoms with Crippen LogP contribution in [0.15, 0.2) is 24.3 Å². The van der Waals surface area contributed by atoms with Crippen LogP contribution in [-0.4, -0.2) is 18.1 Å².